The van der Waals surface area contributed by atoms with Gasteiger partial charge in [-0.05, 0) is 19.1 Å². The van der Waals surface area contributed by atoms with Crippen molar-refractivity contribution >= 4 is 27.2 Å². The lowest BCUT2D eigenvalue weighted by Gasteiger charge is -2.00. The van der Waals surface area contributed by atoms with E-state index in [4.69, 9.17) is 0 Å². The zero-order valence-electron chi connectivity index (χ0n) is 11.0. The van der Waals surface area contributed by atoms with Crippen LogP contribution in [0.15, 0.2) is 29.2 Å². The van der Waals surface area contributed by atoms with Gasteiger partial charge in [0, 0.05) is 23.1 Å². The molecule has 1 N–H and O–H groups in total. The molecule has 3 heterocycles. The Hall–Kier alpha value is -2.61. The number of nitro groups is 1. The van der Waals surface area contributed by atoms with E-state index >= 15 is 0 Å². The molecule has 3 rings (SSSR count). The number of aromatic amines is 1. The van der Waals surface area contributed by atoms with Crippen LogP contribution in [0.25, 0.3) is 10.2 Å². The normalized spacial score (nSPS) is 10.9. The average molecular weight is 302 g/mol. The number of aromatic nitrogens is 3. The topological polar surface area (TPSA) is 102 Å². The van der Waals surface area contributed by atoms with E-state index in [0.717, 1.165) is 4.88 Å². The van der Waals surface area contributed by atoms with E-state index in [9.17, 15) is 14.9 Å². The van der Waals surface area contributed by atoms with Crippen LogP contribution in [-0.2, 0) is 6.42 Å². The van der Waals surface area contributed by atoms with Crippen LogP contribution in [0.3, 0.4) is 0 Å². The van der Waals surface area contributed by atoms with Crippen molar-refractivity contribution in [1.29, 1.82) is 0 Å². The molecular formula is C13H10N4O3S. The van der Waals surface area contributed by atoms with Gasteiger partial charge in [-0.1, -0.05) is 0 Å². The zero-order chi connectivity index (χ0) is 15.0. The number of H-pyrrole nitrogens is 1. The summed E-state index contributed by atoms with van der Waals surface area (Å²) in [7, 11) is 0. The molecule has 0 fully saturated rings. The van der Waals surface area contributed by atoms with E-state index in [0.29, 0.717) is 28.2 Å². The summed E-state index contributed by atoms with van der Waals surface area (Å²) in [6.07, 6.45) is 1.52. The number of hydrogen-bond acceptors (Lipinski definition) is 6. The fourth-order valence-corrected chi connectivity index (χ4v) is 2.88. The highest BCUT2D eigenvalue weighted by molar-refractivity contribution is 7.18. The fourth-order valence-electron chi connectivity index (χ4n) is 1.98. The van der Waals surface area contributed by atoms with Crippen molar-refractivity contribution in [2.24, 2.45) is 0 Å². The quantitative estimate of drug-likeness (QED) is 0.590. The molecule has 7 nitrogen and oxygen atoms in total. The molecule has 0 atom stereocenters. The SMILES string of the molecule is Cc1cc2c(=O)[nH]c(Cc3ccc([N+](=O)[O-])cn3)nc2s1. The largest absolute Gasteiger partial charge is 0.310 e. The van der Waals surface area contributed by atoms with Gasteiger partial charge in [-0.15, -0.1) is 11.3 Å². The number of hydrogen-bond donors (Lipinski definition) is 1. The monoisotopic (exact) mass is 302 g/mol. The number of nitrogens with zero attached hydrogens (tertiary/aromatic N) is 3. The molecule has 0 amide bonds. The Morgan fingerprint density at radius 3 is 2.90 bits per heavy atom. The summed E-state index contributed by atoms with van der Waals surface area (Å²) in [6, 6.07) is 4.75. The van der Waals surface area contributed by atoms with Gasteiger partial charge in [-0.2, -0.15) is 0 Å². The average Bonchev–Trinajstić information content (AvgIpc) is 2.80. The Kier molecular flexibility index (Phi) is 3.22. The van der Waals surface area contributed by atoms with Gasteiger partial charge in [0.1, 0.15) is 16.9 Å². The molecule has 3 aromatic heterocycles. The van der Waals surface area contributed by atoms with Crippen LogP contribution >= 0.6 is 11.3 Å². The molecule has 0 bridgehead atoms. The van der Waals surface area contributed by atoms with Crippen molar-refractivity contribution in [3.05, 3.63) is 61.3 Å². The van der Waals surface area contributed by atoms with Gasteiger partial charge in [-0.25, -0.2) is 4.98 Å². The van der Waals surface area contributed by atoms with Crippen molar-refractivity contribution in [3.63, 3.8) is 0 Å². The molecule has 106 valence electrons. The third kappa shape index (κ3) is 2.65. The smallest absolute Gasteiger partial charge is 0.287 e. The highest BCUT2D eigenvalue weighted by Crippen LogP contribution is 2.20. The highest BCUT2D eigenvalue weighted by atomic mass is 32.1. The molecule has 3 aromatic rings. The molecule has 0 radical (unpaired) electrons. The standard InChI is InChI=1S/C13H10N4O3S/c1-7-4-10-12(18)15-11(16-13(10)21-7)5-8-2-3-9(6-14-8)17(19)20/h2-4,6H,5H2,1H3,(H,15,16,18). The Balaban J connectivity index is 1.94. The maximum absolute atomic E-state index is 11.9. The van der Waals surface area contributed by atoms with Crippen LogP contribution in [0, 0.1) is 17.0 Å². The summed E-state index contributed by atoms with van der Waals surface area (Å²) in [5, 5.41) is 11.2. The molecule has 8 heteroatoms. The molecule has 0 aliphatic carbocycles. The predicted octanol–water partition coefficient (Wildman–Crippen LogP) is 2.19. The number of aryl methyl sites for hydroxylation is 1. The van der Waals surface area contributed by atoms with E-state index in [1.54, 1.807) is 12.1 Å². The van der Waals surface area contributed by atoms with Crippen molar-refractivity contribution in [3.8, 4) is 0 Å². The summed E-state index contributed by atoms with van der Waals surface area (Å²) in [6.45, 7) is 1.92. The second-order valence-electron chi connectivity index (χ2n) is 4.53. The van der Waals surface area contributed by atoms with Gasteiger partial charge in [-0.3, -0.25) is 19.9 Å². The summed E-state index contributed by atoms with van der Waals surface area (Å²) < 4.78 is 0. The van der Waals surface area contributed by atoms with Gasteiger partial charge >= 0.3 is 0 Å². The van der Waals surface area contributed by atoms with Crippen LogP contribution in [-0.4, -0.2) is 19.9 Å². The molecule has 0 spiro atoms. The molecule has 0 aliphatic heterocycles. The first kappa shape index (κ1) is 13.4. The maximum Gasteiger partial charge on any atom is 0.287 e. The molecular weight excluding hydrogens is 292 g/mol. The molecule has 0 aromatic carbocycles. The van der Waals surface area contributed by atoms with Crippen molar-refractivity contribution in [2.45, 2.75) is 13.3 Å². The minimum absolute atomic E-state index is 0.0652. The van der Waals surface area contributed by atoms with Crippen molar-refractivity contribution < 1.29 is 4.92 Å². The number of thiophene rings is 1. The van der Waals surface area contributed by atoms with E-state index in [1.165, 1.54) is 23.6 Å². The van der Waals surface area contributed by atoms with Gasteiger partial charge in [0.15, 0.2) is 0 Å². The van der Waals surface area contributed by atoms with E-state index in [-0.39, 0.29) is 11.2 Å². The lowest BCUT2D eigenvalue weighted by molar-refractivity contribution is -0.385. The van der Waals surface area contributed by atoms with Crippen molar-refractivity contribution in [1.82, 2.24) is 15.0 Å². The maximum atomic E-state index is 11.9. The van der Waals surface area contributed by atoms with Crippen LogP contribution in [0.5, 0.6) is 0 Å². The Bertz CT molecular complexity index is 883. The Labute approximate surface area is 122 Å². The Morgan fingerprint density at radius 2 is 2.24 bits per heavy atom. The number of pyridine rings is 1. The molecule has 21 heavy (non-hydrogen) atoms. The summed E-state index contributed by atoms with van der Waals surface area (Å²) in [4.78, 5) is 34.9. The first-order valence-electron chi connectivity index (χ1n) is 6.11. The van der Waals surface area contributed by atoms with E-state index < -0.39 is 4.92 Å². The van der Waals surface area contributed by atoms with Gasteiger partial charge in [0.05, 0.1) is 10.3 Å². The van der Waals surface area contributed by atoms with Gasteiger partial charge in [0.2, 0.25) is 0 Å². The lowest BCUT2D eigenvalue weighted by Crippen LogP contribution is -2.11. The minimum Gasteiger partial charge on any atom is -0.310 e. The first-order chi connectivity index (χ1) is 10.0. The molecule has 0 unspecified atom stereocenters. The fraction of sp³-hybridized carbons (Fsp3) is 0.154. The Morgan fingerprint density at radius 1 is 1.43 bits per heavy atom. The second-order valence-corrected chi connectivity index (χ2v) is 5.76. The minimum atomic E-state index is -0.503. The van der Waals surface area contributed by atoms with Crippen LogP contribution < -0.4 is 5.56 Å². The van der Waals surface area contributed by atoms with E-state index in [2.05, 4.69) is 15.0 Å². The lowest BCUT2D eigenvalue weighted by atomic mass is 10.2. The summed E-state index contributed by atoms with van der Waals surface area (Å²) in [5.74, 6) is 0.496. The predicted molar refractivity (Wildman–Crippen MR) is 78.7 cm³/mol. The molecule has 0 saturated carbocycles. The third-order valence-corrected chi connectivity index (χ3v) is 3.89. The summed E-state index contributed by atoms with van der Waals surface area (Å²) >= 11 is 1.46. The van der Waals surface area contributed by atoms with Crippen molar-refractivity contribution in [2.75, 3.05) is 0 Å². The zero-order valence-corrected chi connectivity index (χ0v) is 11.8. The second kappa shape index (κ2) is 5.06. The number of rotatable bonds is 3. The molecule has 0 aliphatic rings. The van der Waals surface area contributed by atoms with Crippen LogP contribution in [0.4, 0.5) is 5.69 Å². The van der Waals surface area contributed by atoms with Crippen LogP contribution in [0.2, 0.25) is 0 Å². The van der Waals surface area contributed by atoms with Crippen LogP contribution in [0.1, 0.15) is 16.4 Å². The first-order valence-corrected chi connectivity index (χ1v) is 6.93. The van der Waals surface area contributed by atoms with Gasteiger partial charge < -0.3 is 4.98 Å². The third-order valence-electron chi connectivity index (χ3n) is 2.94. The van der Waals surface area contributed by atoms with Gasteiger partial charge in [0.25, 0.3) is 11.2 Å². The summed E-state index contributed by atoms with van der Waals surface area (Å²) in [5.41, 5.74) is 0.363. The van der Waals surface area contributed by atoms with E-state index in [1.807, 2.05) is 6.92 Å². The number of nitrogens with one attached hydrogen (secondary N) is 1. The number of fused-ring (bicyclic) bond motifs is 1. The molecule has 0 saturated heterocycles. The highest BCUT2D eigenvalue weighted by Gasteiger charge is 2.10.